The molecule has 0 bridgehead atoms. The smallest absolute Gasteiger partial charge is 0.228 e. The Balaban J connectivity index is 1.33. The first-order chi connectivity index (χ1) is 16.1. The molecule has 1 fully saturated rings. The average Bonchev–Trinajstić information content (AvgIpc) is 3.33. The number of ether oxygens (including phenoxy) is 3. The Bertz CT molecular complexity index is 1070. The fraction of sp³-hybridized carbons (Fsp3) is 0.360. The minimum atomic E-state index is 0.0614. The zero-order valence-corrected chi connectivity index (χ0v) is 19.2. The lowest BCUT2D eigenvalue weighted by Crippen LogP contribution is -2.48. The SMILES string of the molecule is COc1ccc(CN2CCN(C(=O)Cc3coc(-c4ccccc4)n3)CC2)c(OC)c1OC. The van der Waals surface area contributed by atoms with Gasteiger partial charge in [-0.25, -0.2) is 4.98 Å². The third-order valence-electron chi connectivity index (χ3n) is 5.81. The normalized spacial score (nSPS) is 14.2. The lowest BCUT2D eigenvalue weighted by Gasteiger charge is -2.35. The van der Waals surface area contributed by atoms with Crippen molar-refractivity contribution in [2.45, 2.75) is 13.0 Å². The van der Waals surface area contributed by atoms with E-state index in [2.05, 4.69) is 9.88 Å². The van der Waals surface area contributed by atoms with E-state index in [0.717, 1.165) is 24.2 Å². The van der Waals surface area contributed by atoms with Crippen molar-refractivity contribution < 1.29 is 23.4 Å². The number of rotatable bonds is 8. The molecule has 0 aliphatic carbocycles. The number of hydrogen-bond acceptors (Lipinski definition) is 7. The van der Waals surface area contributed by atoms with E-state index in [1.54, 1.807) is 27.6 Å². The summed E-state index contributed by atoms with van der Waals surface area (Å²) in [4.78, 5) is 21.5. The van der Waals surface area contributed by atoms with Crippen molar-refractivity contribution in [3.8, 4) is 28.7 Å². The van der Waals surface area contributed by atoms with Crippen molar-refractivity contribution in [1.29, 1.82) is 0 Å². The number of carbonyl (C=O) groups excluding carboxylic acids is 1. The Morgan fingerprint density at radius 1 is 0.939 bits per heavy atom. The number of benzene rings is 2. The highest BCUT2D eigenvalue weighted by Crippen LogP contribution is 2.40. The van der Waals surface area contributed by atoms with Crippen LogP contribution in [0.1, 0.15) is 11.3 Å². The van der Waals surface area contributed by atoms with E-state index in [1.165, 1.54) is 0 Å². The van der Waals surface area contributed by atoms with Crippen LogP contribution >= 0.6 is 0 Å². The van der Waals surface area contributed by atoms with Crippen LogP contribution in [0.4, 0.5) is 0 Å². The molecule has 2 heterocycles. The fourth-order valence-electron chi connectivity index (χ4n) is 4.05. The monoisotopic (exact) mass is 451 g/mol. The number of amides is 1. The van der Waals surface area contributed by atoms with Gasteiger partial charge in [0.05, 0.1) is 33.4 Å². The van der Waals surface area contributed by atoms with Gasteiger partial charge in [-0.3, -0.25) is 9.69 Å². The zero-order chi connectivity index (χ0) is 23.2. The van der Waals surface area contributed by atoms with Crippen molar-refractivity contribution in [3.05, 3.63) is 60.0 Å². The third-order valence-corrected chi connectivity index (χ3v) is 5.81. The highest BCUT2D eigenvalue weighted by atomic mass is 16.5. The summed E-state index contributed by atoms with van der Waals surface area (Å²) in [6.45, 7) is 3.58. The number of methoxy groups -OCH3 is 3. The number of aromatic nitrogens is 1. The molecule has 1 saturated heterocycles. The summed E-state index contributed by atoms with van der Waals surface area (Å²) >= 11 is 0. The number of oxazole rings is 1. The molecule has 0 radical (unpaired) electrons. The Labute approximate surface area is 193 Å². The second kappa shape index (κ2) is 10.4. The summed E-state index contributed by atoms with van der Waals surface area (Å²) in [7, 11) is 4.84. The van der Waals surface area contributed by atoms with Crippen molar-refractivity contribution >= 4 is 5.91 Å². The second-order valence-corrected chi connectivity index (χ2v) is 7.84. The van der Waals surface area contributed by atoms with E-state index < -0.39 is 0 Å². The minimum Gasteiger partial charge on any atom is -0.493 e. The van der Waals surface area contributed by atoms with Crippen LogP contribution in [0.3, 0.4) is 0 Å². The molecule has 0 N–H and O–H groups in total. The Morgan fingerprint density at radius 2 is 1.67 bits per heavy atom. The molecular weight excluding hydrogens is 422 g/mol. The summed E-state index contributed by atoms with van der Waals surface area (Å²) < 4.78 is 22.0. The molecule has 1 aliphatic rings. The summed E-state index contributed by atoms with van der Waals surface area (Å²) in [5, 5.41) is 0. The molecule has 3 aromatic rings. The molecule has 0 spiro atoms. The molecule has 2 aromatic carbocycles. The van der Waals surface area contributed by atoms with E-state index >= 15 is 0 Å². The van der Waals surface area contributed by atoms with Gasteiger partial charge >= 0.3 is 0 Å². The van der Waals surface area contributed by atoms with Gasteiger partial charge in [0, 0.05) is 43.9 Å². The van der Waals surface area contributed by atoms with E-state index in [-0.39, 0.29) is 12.3 Å². The molecule has 4 rings (SSSR count). The molecule has 33 heavy (non-hydrogen) atoms. The minimum absolute atomic E-state index is 0.0614. The van der Waals surface area contributed by atoms with E-state index in [9.17, 15) is 4.79 Å². The van der Waals surface area contributed by atoms with Gasteiger partial charge in [-0.1, -0.05) is 24.3 Å². The van der Waals surface area contributed by atoms with Crippen molar-refractivity contribution in [3.63, 3.8) is 0 Å². The maximum Gasteiger partial charge on any atom is 0.228 e. The summed E-state index contributed by atoms with van der Waals surface area (Å²) in [6, 6.07) is 13.6. The van der Waals surface area contributed by atoms with Gasteiger partial charge in [-0.15, -0.1) is 0 Å². The number of nitrogens with zero attached hydrogens (tertiary/aromatic N) is 3. The van der Waals surface area contributed by atoms with Gasteiger partial charge in [0.1, 0.15) is 6.26 Å². The molecule has 1 amide bonds. The topological polar surface area (TPSA) is 77.3 Å². The standard InChI is InChI=1S/C25H29N3O5/c1-30-21-10-9-19(23(31-2)24(21)32-3)16-27-11-13-28(14-12-27)22(29)15-20-17-33-25(26-20)18-7-5-4-6-8-18/h4-10,17H,11-16H2,1-3H3. The van der Waals surface area contributed by atoms with E-state index in [0.29, 0.717) is 48.5 Å². The molecule has 1 aliphatic heterocycles. The first kappa shape index (κ1) is 22.7. The quantitative estimate of drug-likeness (QED) is 0.520. The maximum absolute atomic E-state index is 12.8. The number of hydrogen-bond donors (Lipinski definition) is 0. The molecule has 0 unspecified atom stereocenters. The van der Waals surface area contributed by atoms with Gasteiger partial charge in [-0.05, 0) is 18.2 Å². The Kier molecular flexibility index (Phi) is 7.14. The maximum atomic E-state index is 12.8. The molecule has 8 nitrogen and oxygen atoms in total. The Morgan fingerprint density at radius 3 is 2.33 bits per heavy atom. The van der Waals surface area contributed by atoms with Crippen LogP contribution in [0.5, 0.6) is 17.2 Å². The van der Waals surface area contributed by atoms with Gasteiger partial charge in [-0.2, -0.15) is 0 Å². The predicted octanol–water partition coefficient (Wildman–Crippen LogP) is 3.25. The highest BCUT2D eigenvalue weighted by Gasteiger charge is 2.24. The molecule has 0 saturated carbocycles. The highest BCUT2D eigenvalue weighted by molar-refractivity contribution is 5.78. The van der Waals surface area contributed by atoms with Crippen molar-refractivity contribution in [2.75, 3.05) is 47.5 Å². The number of piperazine rings is 1. The Hall–Kier alpha value is -3.52. The van der Waals surface area contributed by atoms with Crippen LogP contribution in [0.15, 0.2) is 53.1 Å². The summed E-state index contributed by atoms with van der Waals surface area (Å²) in [5.41, 5.74) is 2.57. The fourth-order valence-corrected chi connectivity index (χ4v) is 4.05. The second-order valence-electron chi connectivity index (χ2n) is 7.84. The zero-order valence-electron chi connectivity index (χ0n) is 19.2. The van der Waals surface area contributed by atoms with Crippen LogP contribution in [0.2, 0.25) is 0 Å². The van der Waals surface area contributed by atoms with Crippen LogP contribution in [-0.4, -0.2) is 68.2 Å². The average molecular weight is 452 g/mol. The van der Waals surface area contributed by atoms with Crippen LogP contribution in [0.25, 0.3) is 11.5 Å². The molecule has 0 atom stereocenters. The molecule has 1 aromatic heterocycles. The van der Waals surface area contributed by atoms with E-state index in [1.807, 2.05) is 47.4 Å². The molecular formula is C25H29N3O5. The lowest BCUT2D eigenvalue weighted by atomic mass is 10.1. The third kappa shape index (κ3) is 5.12. The van der Waals surface area contributed by atoms with Crippen molar-refractivity contribution in [2.24, 2.45) is 0 Å². The molecule has 8 heteroatoms. The van der Waals surface area contributed by atoms with Crippen LogP contribution in [-0.2, 0) is 17.8 Å². The van der Waals surface area contributed by atoms with Crippen molar-refractivity contribution in [1.82, 2.24) is 14.8 Å². The van der Waals surface area contributed by atoms with Gasteiger partial charge in [0.25, 0.3) is 0 Å². The first-order valence-electron chi connectivity index (χ1n) is 10.9. The summed E-state index contributed by atoms with van der Waals surface area (Å²) in [6.07, 6.45) is 1.81. The van der Waals surface area contributed by atoms with Gasteiger partial charge < -0.3 is 23.5 Å². The van der Waals surface area contributed by atoms with Crippen LogP contribution < -0.4 is 14.2 Å². The molecule has 174 valence electrons. The summed E-state index contributed by atoms with van der Waals surface area (Å²) in [5.74, 6) is 2.50. The van der Waals surface area contributed by atoms with E-state index in [4.69, 9.17) is 18.6 Å². The number of carbonyl (C=O) groups is 1. The lowest BCUT2D eigenvalue weighted by molar-refractivity contribution is -0.132. The van der Waals surface area contributed by atoms with Crippen LogP contribution in [0, 0.1) is 0 Å². The first-order valence-corrected chi connectivity index (χ1v) is 10.9. The van der Waals surface area contributed by atoms with Gasteiger partial charge in [0.15, 0.2) is 11.5 Å². The van der Waals surface area contributed by atoms with Gasteiger partial charge in [0.2, 0.25) is 17.5 Å². The predicted molar refractivity (Wildman–Crippen MR) is 124 cm³/mol. The largest absolute Gasteiger partial charge is 0.493 e.